The van der Waals surface area contributed by atoms with Crippen LogP contribution in [0.1, 0.15) is 264 Å². The molecule has 0 N–H and O–H groups in total. The molecule has 0 heterocycles. The maximum atomic E-state index is 3.89. The van der Waals surface area contributed by atoms with Gasteiger partial charge in [-0.1, -0.05) is 251 Å². The van der Waals surface area contributed by atoms with Gasteiger partial charge >= 0.3 is 18.6 Å². The van der Waals surface area contributed by atoms with E-state index in [0.717, 1.165) is 6.42 Å². The third kappa shape index (κ3) is 54.7. The van der Waals surface area contributed by atoms with Crippen LogP contribution in [0, 0.1) is 13.1 Å². The van der Waals surface area contributed by atoms with Crippen LogP contribution >= 0.6 is 9.24 Å². The molecule has 0 nitrogen and oxygen atoms in total. The van der Waals surface area contributed by atoms with Gasteiger partial charge in [-0.3, -0.25) is 9.24 Å². The smallest absolute Gasteiger partial charge is 0.343 e. The monoisotopic (exact) mass is 688 g/mol. The van der Waals surface area contributed by atoms with E-state index in [-0.39, 0.29) is 18.6 Å². The number of rotatable bonds is 38. The van der Waals surface area contributed by atoms with E-state index in [1.54, 1.807) is 0 Å². The van der Waals surface area contributed by atoms with E-state index < -0.39 is 0 Å². The number of hydrogen-bond acceptors (Lipinski definition) is 0. The van der Waals surface area contributed by atoms with Crippen molar-refractivity contribution in [3.05, 3.63) is 13.1 Å². The van der Waals surface area contributed by atoms with Gasteiger partial charge in [0.15, 0.2) is 0 Å². The van der Waals surface area contributed by atoms with Crippen LogP contribution in [0.2, 0.25) is 0 Å². The minimum Gasteiger partial charge on any atom is -0.343 e. The SMILES string of the molecule is CCCCCCCCCCCCCCCCCCCCCC[CH-]P.[CH2-]CCCCCCCCCCCCCCCCCCC.[V+2]. The van der Waals surface area contributed by atoms with E-state index in [4.69, 9.17) is 0 Å². The maximum Gasteiger partial charge on any atom is 2.00 e. The molecule has 1 atom stereocenters. The molecule has 1 radical (unpaired) electrons. The van der Waals surface area contributed by atoms with Crippen molar-refractivity contribution in [2.75, 3.05) is 0 Å². The topological polar surface area (TPSA) is 0 Å². The molecule has 0 aromatic heterocycles. The Morgan fingerprint density at radius 2 is 0.489 bits per heavy atom. The Hall–Kier alpha value is 1.01. The van der Waals surface area contributed by atoms with Gasteiger partial charge in [-0.15, -0.1) is 0 Å². The molecule has 1 unspecified atom stereocenters. The van der Waals surface area contributed by atoms with Crippen LogP contribution in [0.25, 0.3) is 0 Å². The van der Waals surface area contributed by atoms with E-state index in [9.17, 15) is 0 Å². The Labute approximate surface area is 303 Å². The summed E-state index contributed by atoms with van der Waals surface area (Å²) in [6.07, 6.45) is 58.6. The molecule has 0 aliphatic heterocycles. The summed E-state index contributed by atoms with van der Waals surface area (Å²) in [6.45, 7) is 8.49. The summed E-state index contributed by atoms with van der Waals surface area (Å²) < 4.78 is 0. The van der Waals surface area contributed by atoms with Crippen LogP contribution in [0.15, 0.2) is 0 Å². The molecule has 0 amide bonds. The van der Waals surface area contributed by atoms with Gasteiger partial charge in [-0.2, -0.15) is 12.8 Å². The van der Waals surface area contributed by atoms with Crippen molar-refractivity contribution in [1.29, 1.82) is 0 Å². The molecule has 0 spiro atoms. The summed E-state index contributed by atoms with van der Waals surface area (Å²) in [5.74, 6) is 0. The maximum absolute atomic E-state index is 3.89. The molecule has 2 heteroatoms. The van der Waals surface area contributed by atoms with Crippen LogP contribution in [0.5, 0.6) is 0 Å². The summed E-state index contributed by atoms with van der Waals surface area (Å²) in [6, 6.07) is 0. The third-order valence-electron chi connectivity index (χ3n) is 9.58. The normalized spacial score (nSPS) is 10.9. The first kappa shape index (κ1) is 50.4. The zero-order chi connectivity index (χ0) is 32.3. The molecule has 0 fully saturated rings. The fourth-order valence-corrected chi connectivity index (χ4v) is 6.65. The minimum absolute atomic E-state index is 0. The van der Waals surface area contributed by atoms with Crippen LogP contribution in [0.4, 0.5) is 0 Å². The van der Waals surface area contributed by atoms with Gasteiger partial charge in [-0.25, -0.2) is 0 Å². The molecule has 0 saturated carbocycles. The first-order chi connectivity index (χ1) is 21.8. The van der Waals surface area contributed by atoms with Gasteiger partial charge in [0.2, 0.25) is 0 Å². The van der Waals surface area contributed by atoms with E-state index in [1.165, 1.54) is 244 Å². The van der Waals surface area contributed by atoms with Crippen molar-refractivity contribution >= 4 is 9.24 Å². The largest absolute Gasteiger partial charge is 2.00 e. The summed E-state index contributed by atoms with van der Waals surface area (Å²) in [5, 5.41) is 0. The van der Waals surface area contributed by atoms with Crippen molar-refractivity contribution in [3.63, 3.8) is 0 Å². The second-order valence-electron chi connectivity index (χ2n) is 14.3. The second-order valence-corrected chi connectivity index (χ2v) is 14.7. The van der Waals surface area contributed by atoms with Gasteiger partial charge in [0, 0.05) is 0 Å². The number of hydrogen-bond donors (Lipinski definition) is 0. The van der Waals surface area contributed by atoms with Crippen LogP contribution in [0.3, 0.4) is 0 Å². The predicted molar refractivity (Wildman–Crippen MR) is 211 cm³/mol. The van der Waals surface area contributed by atoms with Gasteiger partial charge < -0.3 is 13.1 Å². The van der Waals surface area contributed by atoms with Crippen LogP contribution in [-0.4, -0.2) is 0 Å². The summed E-state index contributed by atoms with van der Waals surface area (Å²) in [4.78, 5) is 0. The summed E-state index contributed by atoms with van der Waals surface area (Å²) in [5.41, 5.74) is 0. The van der Waals surface area contributed by atoms with Crippen molar-refractivity contribution in [2.45, 2.75) is 264 Å². The second kappa shape index (κ2) is 51.8. The van der Waals surface area contributed by atoms with Gasteiger partial charge in [0.25, 0.3) is 0 Å². The first-order valence-corrected chi connectivity index (χ1v) is 21.8. The van der Waals surface area contributed by atoms with Gasteiger partial charge in [-0.05, 0) is 0 Å². The molecule has 0 aliphatic rings. The fourth-order valence-electron chi connectivity index (χ4n) is 6.42. The summed E-state index contributed by atoms with van der Waals surface area (Å²) in [7, 11) is 2.71. The summed E-state index contributed by atoms with van der Waals surface area (Å²) >= 11 is 0. The third-order valence-corrected chi connectivity index (χ3v) is 9.91. The average molecular weight is 688 g/mol. The number of unbranched alkanes of at least 4 members (excludes halogenated alkanes) is 37. The Bertz CT molecular complexity index is 400. The average Bonchev–Trinajstić information content (AvgIpc) is 3.04. The van der Waals surface area contributed by atoms with E-state index in [1.807, 2.05) is 0 Å². The van der Waals surface area contributed by atoms with Gasteiger partial charge in [0.1, 0.15) is 0 Å². The van der Waals surface area contributed by atoms with E-state index in [2.05, 4.69) is 36.2 Å². The Morgan fingerprint density at radius 3 is 0.667 bits per heavy atom. The van der Waals surface area contributed by atoms with Crippen LogP contribution in [-0.2, 0) is 18.6 Å². The molecule has 0 aromatic carbocycles. The Balaban J connectivity index is -0.000000779. The molecule has 0 saturated heterocycles. The zero-order valence-corrected chi connectivity index (χ0v) is 34.4. The Morgan fingerprint density at radius 1 is 0.311 bits per heavy atom. The molecule has 0 bridgehead atoms. The first-order valence-electron chi connectivity index (χ1n) is 21.2. The van der Waals surface area contributed by atoms with Crippen molar-refractivity contribution < 1.29 is 18.6 Å². The van der Waals surface area contributed by atoms with Gasteiger partial charge in [0.05, 0.1) is 0 Å². The minimum atomic E-state index is 0. The van der Waals surface area contributed by atoms with Crippen LogP contribution < -0.4 is 0 Å². The molecule has 0 rings (SSSR count). The van der Waals surface area contributed by atoms with Crippen molar-refractivity contribution in [1.82, 2.24) is 0 Å². The van der Waals surface area contributed by atoms with Crippen molar-refractivity contribution in [3.8, 4) is 0 Å². The molecule has 0 aliphatic carbocycles. The molecule has 271 valence electrons. The molecular weight excluding hydrogens is 598 g/mol. The fraction of sp³-hybridized carbons (Fsp3) is 0.953. The van der Waals surface area contributed by atoms with Crippen molar-refractivity contribution in [2.24, 2.45) is 0 Å². The Kier molecular flexibility index (Phi) is 58.1. The quantitative estimate of drug-likeness (QED) is 0.0344. The zero-order valence-electron chi connectivity index (χ0n) is 31.9. The van der Waals surface area contributed by atoms with E-state index >= 15 is 0 Å². The molecular formula is C43H89PV. The predicted octanol–water partition coefficient (Wildman–Crippen LogP) is 17.1. The molecule has 45 heavy (non-hydrogen) atoms. The molecule has 0 aromatic rings. The standard InChI is InChI=1S/C23H48P.C20H41.V/c1-2-3-4-5-6-7-8-9-10-11-12-13-14-15-16-17-18-19-20-21-22-23-24;1-3-5-7-9-11-13-15-17-19-20-18-16-14-12-10-8-6-4-2;/h23H,2-22,24H2,1H3;1,3-20H2,2H3;/q2*-1;+2. The van der Waals surface area contributed by atoms with E-state index in [0.29, 0.717) is 0 Å².